The molecule has 0 radical (unpaired) electrons. The lowest BCUT2D eigenvalue weighted by Gasteiger charge is -2.19. The predicted molar refractivity (Wildman–Crippen MR) is 61.4 cm³/mol. The van der Waals surface area contributed by atoms with Gasteiger partial charge >= 0.3 is 0 Å². The van der Waals surface area contributed by atoms with Gasteiger partial charge in [0.05, 0.1) is 15.2 Å². The van der Waals surface area contributed by atoms with Crippen LogP contribution in [0.1, 0.15) is 10.4 Å². The summed E-state index contributed by atoms with van der Waals surface area (Å²) in [5.74, 6) is 0.745. The summed E-state index contributed by atoms with van der Waals surface area (Å²) in [6.07, 6.45) is 0.913. The molecule has 76 valence electrons. The summed E-state index contributed by atoms with van der Waals surface area (Å²) in [7, 11) is 0.188. The number of methoxy groups -OCH3 is 1. The van der Waals surface area contributed by atoms with Gasteiger partial charge in [-0.15, -0.1) is 0 Å². The van der Waals surface area contributed by atoms with Gasteiger partial charge in [-0.3, -0.25) is 4.79 Å². The number of carbonyl (C=O) groups is 1. The molecule has 0 saturated carbocycles. The smallest absolute Gasteiger partial charge is 0.150 e. The lowest BCUT2D eigenvalue weighted by molar-refractivity contribution is 0.112. The van der Waals surface area contributed by atoms with Crippen molar-refractivity contribution in [2.24, 2.45) is 0 Å². The fourth-order valence-corrected chi connectivity index (χ4v) is 3.03. The van der Waals surface area contributed by atoms with Crippen LogP contribution in [-0.4, -0.2) is 21.5 Å². The Morgan fingerprint density at radius 3 is 2.36 bits per heavy atom. The van der Waals surface area contributed by atoms with Gasteiger partial charge in [-0.05, 0) is 17.3 Å². The minimum atomic E-state index is -1.42. The number of carbonyl (C=O) groups excluding carboxylic acids is 1. The molecule has 0 bridgehead atoms. The average molecular weight is 208 g/mol. The minimum absolute atomic E-state index is 0.745. The summed E-state index contributed by atoms with van der Waals surface area (Å²) < 4.78 is 5.08. The maximum absolute atomic E-state index is 10.9. The molecule has 0 atom stereocenters. The molecule has 0 saturated heterocycles. The Morgan fingerprint density at radius 1 is 1.29 bits per heavy atom. The Morgan fingerprint density at radius 2 is 1.93 bits per heavy atom. The van der Waals surface area contributed by atoms with Crippen molar-refractivity contribution in [3.8, 4) is 5.75 Å². The molecule has 3 heteroatoms. The maximum atomic E-state index is 10.9. The van der Waals surface area contributed by atoms with Gasteiger partial charge in [0.15, 0.2) is 0 Å². The van der Waals surface area contributed by atoms with Crippen molar-refractivity contribution in [3.05, 3.63) is 23.8 Å². The lowest BCUT2D eigenvalue weighted by Crippen LogP contribution is -2.40. The van der Waals surface area contributed by atoms with Crippen molar-refractivity contribution in [2.75, 3.05) is 7.11 Å². The predicted octanol–water partition coefficient (Wildman–Crippen LogP) is 2.05. The highest BCUT2D eigenvalue weighted by Gasteiger charge is 2.20. The molecule has 0 fully saturated rings. The highest BCUT2D eigenvalue weighted by molar-refractivity contribution is 6.89. The van der Waals surface area contributed by atoms with E-state index in [1.54, 1.807) is 13.2 Å². The molecule has 0 N–H and O–H groups in total. The first-order chi connectivity index (χ1) is 6.49. The van der Waals surface area contributed by atoms with E-state index in [4.69, 9.17) is 4.74 Å². The molecular formula is C11H16O2Si. The molecule has 0 amide bonds. The van der Waals surface area contributed by atoms with Crippen molar-refractivity contribution in [2.45, 2.75) is 19.6 Å². The van der Waals surface area contributed by atoms with E-state index >= 15 is 0 Å². The summed E-state index contributed by atoms with van der Waals surface area (Å²) in [6.45, 7) is 6.67. The van der Waals surface area contributed by atoms with Crippen molar-refractivity contribution in [1.29, 1.82) is 0 Å². The van der Waals surface area contributed by atoms with Gasteiger partial charge in [-0.2, -0.15) is 0 Å². The van der Waals surface area contributed by atoms with Crippen LogP contribution in [0.3, 0.4) is 0 Å². The molecule has 1 rings (SSSR count). The second-order valence-corrected chi connectivity index (χ2v) is 9.36. The molecule has 2 nitrogen and oxygen atoms in total. The van der Waals surface area contributed by atoms with Crippen molar-refractivity contribution < 1.29 is 9.53 Å². The van der Waals surface area contributed by atoms with E-state index in [0.717, 1.165) is 17.6 Å². The number of ether oxygens (including phenoxy) is 1. The van der Waals surface area contributed by atoms with Crippen LogP contribution in [-0.2, 0) is 0 Å². The molecule has 0 spiro atoms. The SMILES string of the molecule is COc1ccc([Si](C)(C)C)c(C=O)c1. The molecule has 0 unspecified atom stereocenters. The Balaban J connectivity index is 3.25. The zero-order chi connectivity index (χ0) is 10.8. The zero-order valence-electron chi connectivity index (χ0n) is 9.13. The van der Waals surface area contributed by atoms with Crippen molar-refractivity contribution >= 4 is 19.5 Å². The molecule has 0 aliphatic carbocycles. The normalized spacial score (nSPS) is 11.1. The van der Waals surface area contributed by atoms with Gasteiger partial charge in [0, 0.05) is 5.56 Å². The number of aldehydes is 1. The molecule has 0 aromatic heterocycles. The van der Waals surface area contributed by atoms with E-state index < -0.39 is 8.07 Å². The Bertz CT molecular complexity index is 340. The van der Waals surface area contributed by atoms with Crippen molar-refractivity contribution in [3.63, 3.8) is 0 Å². The van der Waals surface area contributed by atoms with Crippen LogP contribution < -0.4 is 9.92 Å². The molecule has 1 aromatic carbocycles. The summed E-state index contributed by atoms with van der Waals surface area (Å²) in [6, 6.07) is 5.73. The topological polar surface area (TPSA) is 26.3 Å². The molecule has 14 heavy (non-hydrogen) atoms. The third-order valence-corrected chi connectivity index (χ3v) is 4.27. The molecule has 1 aromatic rings. The van der Waals surface area contributed by atoms with E-state index in [9.17, 15) is 4.79 Å². The fraction of sp³-hybridized carbons (Fsp3) is 0.364. The van der Waals surface area contributed by atoms with Crippen LogP contribution in [0.2, 0.25) is 19.6 Å². The number of benzene rings is 1. The second-order valence-electron chi connectivity index (χ2n) is 4.32. The van der Waals surface area contributed by atoms with Gasteiger partial charge < -0.3 is 4.74 Å². The molecular weight excluding hydrogens is 192 g/mol. The largest absolute Gasteiger partial charge is 0.497 e. The third-order valence-electron chi connectivity index (χ3n) is 2.19. The van der Waals surface area contributed by atoms with Crippen LogP contribution >= 0.6 is 0 Å². The van der Waals surface area contributed by atoms with Gasteiger partial charge in [-0.1, -0.05) is 25.7 Å². The molecule has 0 aliphatic heterocycles. The average Bonchev–Trinajstić information content (AvgIpc) is 2.15. The van der Waals surface area contributed by atoms with E-state index in [0.29, 0.717) is 0 Å². The number of rotatable bonds is 3. The first-order valence-electron chi connectivity index (χ1n) is 4.62. The van der Waals surface area contributed by atoms with Crippen molar-refractivity contribution in [1.82, 2.24) is 0 Å². The fourth-order valence-electron chi connectivity index (χ4n) is 1.45. The Kier molecular flexibility index (Phi) is 3.11. The van der Waals surface area contributed by atoms with Crippen LogP contribution in [0.4, 0.5) is 0 Å². The van der Waals surface area contributed by atoms with E-state index in [1.165, 1.54) is 5.19 Å². The van der Waals surface area contributed by atoms with Gasteiger partial charge in [0.25, 0.3) is 0 Å². The summed E-state index contributed by atoms with van der Waals surface area (Å²) >= 11 is 0. The van der Waals surface area contributed by atoms with Gasteiger partial charge in [0.2, 0.25) is 0 Å². The molecule has 0 heterocycles. The van der Waals surface area contributed by atoms with Gasteiger partial charge in [0.1, 0.15) is 12.0 Å². The Hall–Kier alpha value is -1.09. The first-order valence-corrected chi connectivity index (χ1v) is 8.12. The third kappa shape index (κ3) is 2.23. The number of hydrogen-bond donors (Lipinski definition) is 0. The second kappa shape index (κ2) is 3.96. The maximum Gasteiger partial charge on any atom is 0.150 e. The van der Waals surface area contributed by atoms with Crippen LogP contribution in [0.5, 0.6) is 5.75 Å². The van der Waals surface area contributed by atoms with Gasteiger partial charge in [-0.25, -0.2) is 0 Å². The quantitative estimate of drug-likeness (QED) is 0.561. The molecule has 0 aliphatic rings. The Labute approximate surface area is 85.9 Å². The minimum Gasteiger partial charge on any atom is -0.497 e. The monoisotopic (exact) mass is 208 g/mol. The van der Waals surface area contributed by atoms with E-state index in [-0.39, 0.29) is 0 Å². The van der Waals surface area contributed by atoms with Crippen LogP contribution in [0, 0.1) is 0 Å². The zero-order valence-corrected chi connectivity index (χ0v) is 10.1. The first kappa shape index (κ1) is 11.0. The highest BCUT2D eigenvalue weighted by Crippen LogP contribution is 2.13. The summed E-state index contributed by atoms with van der Waals surface area (Å²) in [5.41, 5.74) is 0.767. The lowest BCUT2D eigenvalue weighted by atomic mass is 10.2. The summed E-state index contributed by atoms with van der Waals surface area (Å²) in [4.78, 5) is 10.9. The van der Waals surface area contributed by atoms with Crippen LogP contribution in [0.15, 0.2) is 18.2 Å². The van der Waals surface area contributed by atoms with E-state index in [2.05, 4.69) is 19.6 Å². The standard InChI is InChI=1S/C11H16O2Si/c1-13-10-5-6-11(14(2,3)4)9(7-10)8-12/h5-8H,1-4H3. The van der Waals surface area contributed by atoms with E-state index in [1.807, 2.05) is 12.1 Å². The van der Waals surface area contributed by atoms with Crippen LogP contribution in [0.25, 0.3) is 0 Å². The number of hydrogen-bond acceptors (Lipinski definition) is 2. The highest BCUT2D eigenvalue weighted by atomic mass is 28.3. The summed E-state index contributed by atoms with van der Waals surface area (Å²) in [5, 5.41) is 1.19.